The van der Waals surface area contributed by atoms with Crippen LogP contribution in [0.4, 0.5) is 5.69 Å². The quantitative estimate of drug-likeness (QED) is 0.798. The van der Waals surface area contributed by atoms with Crippen molar-refractivity contribution in [2.45, 2.75) is 39.0 Å². The summed E-state index contributed by atoms with van der Waals surface area (Å²) in [6.45, 7) is 4.85. The molecule has 1 aliphatic heterocycles. The Hall–Kier alpha value is -1.35. The molecule has 3 nitrogen and oxygen atoms in total. The Morgan fingerprint density at radius 2 is 2.16 bits per heavy atom. The SMILES string of the molecule is CCCCNCCC(=O)N1CCCc2ccccc21. The summed E-state index contributed by atoms with van der Waals surface area (Å²) in [6.07, 6.45) is 5.14. The topological polar surface area (TPSA) is 32.3 Å². The Morgan fingerprint density at radius 1 is 1.32 bits per heavy atom. The maximum absolute atomic E-state index is 12.3. The van der Waals surface area contributed by atoms with Crippen molar-refractivity contribution in [1.82, 2.24) is 5.32 Å². The van der Waals surface area contributed by atoms with E-state index in [9.17, 15) is 4.79 Å². The first kappa shape index (κ1) is 14.1. The summed E-state index contributed by atoms with van der Waals surface area (Å²) in [5.74, 6) is 0.246. The molecular weight excluding hydrogens is 236 g/mol. The number of aryl methyl sites for hydroxylation is 1. The first-order valence-corrected chi connectivity index (χ1v) is 7.42. The van der Waals surface area contributed by atoms with Crippen molar-refractivity contribution in [1.29, 1.82) is 0 Å². The van der Waals surface area contributed by atoms with Gasteiger partial charge in [-0.25, -0.2) is 0 Å². The van der Waals surface area contributed by atoms with Gasteiger partial charge in [-0.05, 0) is 37.4 Å². The zero-order valence-corrected chi connectivity index (χ0v) is 11.8. The van der Waals surface area contributed by atoms with Gasteiger partial charge in [0.1, 0.15) is 0 Å². The second kappa shape index (κ2) is 7.29. The molecule has 0 fully saturated rings. The number of anilines is 1. The molecule has 2 rings (SSSR count). The van der Waals surface area contributed by atoms with Crippen LogP contribution in [-0.2, 0) is 11.2 Å². The first-order valence-electron chi connectivity index (χ1n) is 7.42. The third kappa shape index (κ3) is 3.80. The van der Waals surface area contributed by atoms with Crippen molar-refractivity contribution < 1.29 is 4.79 Å². The fourth-order valence-corrected chi connectivity index (χ4v) is 2.55. The van der Waals surface area contributed by atoms with E-state index >= 15 is 0 Å². The van der Waals surface area contributed by atoms with Crippen molar-refractivity contribution >= 4 is 11.6 Å². The lowest BCUT2D eigenvalue weighted by molar-refractivity contribution is -0.118. The average molecular weight is 260 g/mol. The molecule has 1 N–H and O–H groups in total. The number of para-hydroxylation sites is 1. The number of nitrogens with one attached hydrogen (secondary N) is 1. The van der Waals surface area contributed by atoms with E-state index in [1.54, 1.807) is 0 Å². The zero-order valence-electron chi connectivity index (χ0n) is 11.8. The van der Waals surface area contributed by atoms with Crippen molar-refractivity contribution in [3.8, 4) is 0 Å². The Bertz CT molecular complexity index is 417. The number of amides is 1. The van der Waals surface area contributed by atoms with E-state index in [-0.39, 0.29) is 5.91 Å². The van der Waals surface area contributed by atoms with E-state index < -0.39 is 0 Å². The molecule has 1 amide bonds. The smallest absolute Gasteiger partial charge is 0.228 e. The Labute approximate surface area is 116 Å². The molecule has 0 spiro atoms. The van der Waals surface area contributed by atoms with Gasteiger partial charge in [-0.15, -0.1) is 0 Å². The lowest BCUT2D eigenvalue weighted by atomic mass is 10.0. The number of nitrogens with zero attached hydrogens (tertiary/aromatic N) is 1. The zero-order chi connectivity index (χ0) is 13.5. The van der Waals surface area contributed by atoms with Crippen LogP contribution < -0.4 is 10.2 Å². The Kier molecular flexibility index (Phi) is 5.40. The van der Waals surface area contributed by atoms with Crippen molar-refractivity contribution in [3.05, 3.63) is 29.8 Å². The maximum Gasteiger partial charge on any atom is 0.228 e. The third-order valence-electron chi connectivity index (χ3n) is 3.63. The molecule has 0 saturated heterocycles. The number of benzene rings is 1. The first-order chi connectivity index (χ1) is 9.33. The van der Waals surface area contributed by atoms with Gasteiger partial charge in [0, 0.05) is 25.2 Å². The standard InChI is InChI=1S/C16H24N2O/c1-2-3-11-17-12-10-16(19)18-13-6-8-14-7-4-5-9-15(14)18/h4-5,7,9,17H,2-3,6,8,10-13H2,1H3. The lowest BCUT2D eigenvalue weighted by Crippen LogP contribution is -2.37. The lowest BCUT2D eigenvalue weighted by Gasteiger charge is -2.29. The highest BCUT2D eigenvalue weighted by Crippen LogP contribution is 2.26. The number of hydrogen-bond donors (Lipinski definition) is 1. The van der Waals surface area contributed by atoms with Crippen LogP contribution in [0.2, 0.25) is 0 Å². The molecule has 1 aromatic rings. The van der Waals surface area contributed by atoms with Crippen molar-refractivity contribution in [3.63, 3.8) is 0 Å². The number of carbonyl (C=O) groups is 1. The summed E-state index contributed by atoms with van der Waals surface area (Å²) in [6, 6.07) is 8.27. The molecule has 104 valence electrons. The number of rotatable bonds is 6. The summed E-state index contributed by atoms with van der Waals surface area (Å²) < 4.78 is 0. The summed E-state index contributed by atoms with van der Waals surface area (Å²) in [5.41, 5.74) is 2.42. The summed E-state index contributed by atoms with van der Waals surface area (Å²) >= 11 is 0. The van der Waals surface area contributed by atoms with E-state index in [4.69, 9.17) is 0 Å². The molecule has 0 saturated carbocycles. The molecule has 0 atom stereocenters. The van der Waals surface area contributed by atoms with E-state index in [2.05, 4.69) is 30.4 Å². The van der Waals surface area contributed by atoms with Crippen LogP contribution in [0, 0.1) is 0 Å². The van der Waals surface area contributed by atoms with Gasteiger partial charge in [0.25, 0.3) is 0 Å². The molecule has 0 unspecified atom stereocenters. The molecule has 1 heterocycles. The second-order valence-electron chi connectivity index (χ2n) is 5.13. The molecular formula is C16H24N2O. The monoisotopic (exact) mass is 260 g/mol. The molecule has 0 bridgehead atoms. The molecule has 0 aromatic heterocycles. The van der Waals surface area contributed by atoms with Crippen molar-refractivity contribution in [2.75, 3.05) is 24.5 Å². The van der Waals surface area contributed by atoms with Gasteiger partial charge in [-0.1, -0.05) is 31.5 Å². The Balaban J connectivity index is 1.86. The minimum absolute atomic E-state index is 0.246. The van der Waals surface area contributed by atoms with Gasteiger partial charge >= 0.3 is 0 Å². The summed E-state index contributed by atoms with van der Waals surface area (Å²) in [7, 11) is 0. The Morgan fingerprint density at radius 3 is 3.00 bits per heavy atom. The number of carbonyl (C=O) groups excluding carboxylic acids is 1. The van der Waals surface area contributed by atoms with E-state index in [0.29, 0.717) is 6.42 Å². The average Bonchev–Trinajstić information content (AvgIpc) is 2.46. The molecule has 0 aliphatic carbocycles. The molecule has 0 radical (unpaired) electrons. The van der Waals surface area contributed by atoms with E-state index in [0.717, 1.165) is 38.2 Å². The highest BCUT2D eigenvalue weighted by atomic mass is 16.2. The van der Waals surface area contributed by atoms with Crippen LogP contribution in [0.15, 0.2) is 24.3 Å². The van der Waals surface area contributed by atoms with E-state index in [1.165, 1.54) is 18.4 Å². The maximum atomic E-state index is 12.3. The predicted molar refractivity (Wildman–Crippen MR) is 79.5 cm³/mol. The normalized spacial score (nSPS) is 14.3. The third-order valence-corrected chi connectivity index (χ3v) is 3.63. The van der Waals surface area contributed by atoms with Gasteiger partial charge < -0.3 is 10.2 Å². The van der Waals surface area contributed by atoms with Crippen LogP contribution >= 0.6 is 0 Å². The van der Waals surface area contributed by atoms with Gasteiger partial charge in [-0.3, -0.25) is 4.79 Å². The van der Waals surface area contributed by atoms with Gasteiger partial charge in [0.15, 0.2) is 0 Å². The molecule has 19 heavy (non-hydrogen) atoms. The van der Waals surface area contributed by atoms with Crippen LogP contribution in [-0.4, -0.2) is 25.5 Å². The van der Waals surface area contributed by atoms with Crippen molar-refractivity contribution in [2.24, 2.45) is 0 Å². The largest absolute Gasteiger partial charge is 0.316 e. The van der Waals surface area contributed by atoms with Crippen LogP contribution in [0.3, 0.4) is 0 Å². The summed E-state index contributed by atoms with van der Waals surface area (Å²) in [4.78, 5) is 14.2. The number of unbranched alkanes of at least 4 members (excludes halogenated alkanes) is 1. The fraction of sp³-hybridized carbons (Fsp3) is 0.562. The van der Waals surface area contributed by atoms with Gasteiger partial charge in [0.2, 0.25) is 5.91 Å². The predicted octanol–water partition coefficient (Wildman–Crippen LogP) is 2.75. The summed E-state index contributed by atoms with van der Waals surface area (Å²) in [5, 5.41) is 3.33. The minimum atomic E-state index is 0.246. The van der Waals surface area contributed by atoms with Crippen LogP contribution in [0.1, 0.15) is 38.2 Å². The highest BCUT2D eigenvalue weighted by molar-refractivity contribution is 5.94. The highest BCUT2D eigenvalue weighted by Gasteiger charge is 2.21. The van der Waals surface area contributed by atoms with E-state index in [1.807, 2.05) is 11.0 Å². The molecule has 3 heteroatoms. The molecule has 1 aromatic carbocycles. The number of hydrogen-bond acceptors (Lipinski definition) is 2. The minimum Gasteiger partial charge on any atom is -0.316 e. The van der Waals surface area contributed by atoms with Crippen LogP contribution in [0.5, 0.6) is 0 Å². The van der Waals surface area contributed by atoms with Gasteiger partial charge in [0.05, 0.1) is 0 Å². The fourth-order valence-electron chi connectivity index (χ4n) is 2.55. The molecule has 1 aliphatic rings. The second-order valence-corrected chi connectivity index (χ2v) is 5.13. The number of fused-ring (bicyclic) bond motifs is 1. The van der Waals surface area contributed by atoms with Crippen LogP contribution in [0.25, 0.3) is 0 Å². The van der Waals surface area contributed by atoms with Gasteiger partial charge in [-0.2, -0.15) is 0 Å².